The van der Waals surface area contributed by atoms with Crippen molar-refractivity contribution in [3.8, 4) is 5.75 Å². The molecule has 2 bridgehead atoms. The first-order valence-electron chi connectivity index (χ1n) is 9.62. The molecule has 6 rings (SSSR count). The van der Waals surface area contributed by atoms with Crippen LogP contribution in [0.25, 0.3) is 0 Å². The number of carbonyl (C=O) groups excluding carboxylic acids is 3. The highest BCUT2D eigenvalue weighted by molar-refractivity contribution is 6.31. The fraction of sp³-hybridized carbons (Fsp3) is 0.476. The first kappa shape index (κ1) is 17.7. The predicted octanol–water partition coefficient (Wildman–Crippen LogP) is 2.73. The Morgan fingerprint density at radius 2 is 1.79 bits per heavy atom. The van der Waals surface area contributed by atoms with Crippen LogP contribution in [0.3, 0.4) is 0 Å². The monoisotopic (exact) mass is 400 g/mol. The molecular formula is C21H21ClN2O4. The van der Waals surface area contributed by atoms with Crippen molar-refractivity contribution in [2.24, 2.45) is 35.5 Å². The minimum absolute atomic E-state index is 0.143. The van der Waals surface area contributed by atoms with E-state index in [2.05, 4.69) is 17.5 Å². The quantitative estimate of drug-likeness (QED) is 0.622. The summed E-state index contributed by atoms with van der Waals surface area (Å²) in [5.41, 5.74) is 0.409. The molecule has 4 aliphatic carbocycles. The number of hydrogen-bond acceptors (Lipinski definition) is 4. The number of carbonyl (C=O) groups is 3. The molecule has 0 unspecified atom stereocenters. The average molecular weight is 401 g/mol. The average Bonchev–Trinajstić information content (AvgIpc) is 3.45. The Balaban J connectivity index is 1.38. The highest BCUT2D eigenvalue weighted by Crippen LogP contribution is 2.65. The minimum Gasteiger partial charge on any atom is -0.495 e. The molecule has 146 valence electrons. The summed E-state index contributed by atoms with van der Waals surface area (Å²) in [6, 6.07) is 3.99. The van der Waals surface area contributed by atoms with Crippen LogP contribution in [0.4, 0.5) is 5.69 Å². The van der Waals surface area contributed by atoms with Crippen molar-refractivity contribution in [2.45, 2.75) is 19.4 Å². The van der Waals surface area contributed by atoms with E-state index >= 15 is 0 Å². The topological polar surface area (TPSA) is 75.7 Å². The van der Waals surface area contributed by atoms with Gasteiger partial charge in [-0.25, -0.2) is 0 Å². The van der Waals surface area contributed by atoms with Gasteiger partial charge in [-0.05, 0) is 55.2 Å². The first-order valence-corrected chi connectivity index (χ1v) is 10.00. The second kappa shape index (κ2) is 6.08. The Labute approximate surface area is 167 Å². The normalized spacial score (nSPS) is 35.5. The van der Waals surface area contributed by atoms with Crippen molar-refractivity contribution < 1.29 is 19.1 Å². The number of benzene rings is 1. The molecule has 0 radical (unpaired) electrons. The van der Waals surface area contributed by atoms with Crippen LogP contribution in [-0.4, -0.2) is 35.8 Å². The van der Waals surface area contributed by atoms with Gasteiger partial charge in [0.25, 0.3) is 0 Å². The summed E-state index contributed by atoms with van der Waals surface area (Å²) in [6.07, 6.45) is 5.35. The van der Waals surface area contributed by atoms with E-state index in [0.717, 1.165) is 6.42 Å². The summed E-state index contributed by atoms with van der Waals surface area (Å²) >= 11 is 6.02. The number of nitrogens with one attached hydrogen (secondary N) is 1. The first-order chi connectivity index (χ1) is 13.4. The molecule has 3 amide bonds. The van der Waals surface area contributed by atoms with E-state index in [1.54, 1.807) is 25.1 Å². The second-order valence-electron chi connectivity index (χ2n) is 8.21. The maximum absolute atomic E-state index is 13.1. The molecule has 1 N–H and O–H groups in total. The van der Waals surface area contributed by atoms with E-state index in [-0.39, 0.29) is 35.5 Å². The van der Waals surface area contributed by atoms with Crippen LogP contribution in [0.15, 0.2) is 30.4 Å². The molecule has 7 heteroatoms. The lowest BCUT2D eigenvalue weighted by Gasteiger charge is -2.37. The van der Waals surface area contributed by atoms with E-state index in [4.69, 9.17) is 16.3 Å². The molecule has 7 atom stereocenters. The van der Waals surface area contributed by atoms with Crippen molar-refractivity contribution in [3.05, 3.63) is 35.4 Å². The Kier molecular flexibility index (Phi) is 3.85. The number of amides is 3. The standard InChI is InChI=1S/C21H21ClN2O4/c1-9(19(25)23-15-7-10(22)3-6-16(15)28-2)24-20(26)17-11-4-5-12(14-8-13(11)14)18(17)21(24)27/h3-7,9,11-14,17-18H,8H2,1-2H3,(H,23,25)/t9-,11+,12+,13-,14+,17+,18-/m0/s1. The van der Waals surface area contributed by atoms with Gasteiger partial charge in [-0.15, -0.1) is 0 Å². The molecule has 1 aromatic carbocycles. The molecule has 2 saturated carbocycles. The lowest BCUT2D eigenvalue weighted by molar-refractivity contribution is -0.146. The number of halogens is 1. The molecular weight excluding hydrogens is 380 g/mol. The number of anilines is 1. The highest BCUT2D eigenvalue weighted by Gasteiger charge is 2.67. The lowest BCUT2D eigenvalue weighted by Crippen LogP contribution is -2.46. The van der Waals surface area contributed by atoms with Crippen molar-refractivity contribution in [2.75, 3.05) is 12.4 Å². The van der Waals surface area contributed by atoms with Crippen molar-refractivity contribution in [3.63, 3.8) is 0 Å². The maximum Gasteiger partial charge on any atom is 0.247 e. The smallest absolute Gasteiger partial charge is 0.247 e. The van der Waals surface area contributed by atoms with Crippen molar-refractivity contribution in [1.29, 1.82) is 0 Å². The molecule has 6 nitrogen and oxygen atoms in total. The number of rotatable bonds is 4. The van der Waals surface area contributed by atoms with Crippen LogP contribution >= 0.6 is 11.6 Å². The number of nitrogens with zero attached hydrogens (tertiary/aromatic N) is 1. The van der Waals surface area contributed by atoms with E-state index in [0.29, 0.717) is 28.3 Å². The highest BCUT2D eigenvalue weighted by atomic mass is 35.5. The Morgan fingerprint density at radius 1 is 1.18 bits per heavy atom. The summed E-state index contributed by atoms with van der Waals surface area (Å²) in [6.45, 7) is 1.59. The fourth-order valence-electron chi connectivity index (χ4n) is 5.49. The van der Waals surface area contributed by atoms with Gasteiger partial charge in [0.15, 0.2) is 0 Å². The number of ether oxygens (including phenoxy) is 1. The zero-order valence-corrected chi connectivity index (χ0v) is 16.3. The van der Waals surface area contributed by atoms with Crippen LogP contribution < -0.4 is 10.1 Å². The van der Waals surface area contributed by atoms with Gasteiger partial charge in [0.2, 0.25) is 17.7 Å². The van der Waals surface area contributed by atoms with Gasteiger partial charge in [-0.3, -0.25) is 19.3 Å². The maximum atomic E-state index is 13.1. The van der Waals surface area contributed by atoms with Crippen LogP contribution in [0.1, 0.15) is 13.3 Å². The fourth-order valence-corrected chi connectivity index (χ4v) is 5.67. The molecule has 0 aromatic heterocycles. The van der Waals surface area contributed by atoms with Gasteiger partial charge < -0.3 is 10.1 Å². The van der Waals surface area contributed by atoms with Crippen LogP contribution in [-0.2, 0) is 14.4 Å². The molecule has 5 aliphatic rings. The number of allylic oxidation sites excluding steroid dienone is 2. The van der Waals surface area contributed by atoms with E-state index in [1.807, 2.05) is 0 Å². The number of methoxy groups -OCH3 is 1. The lowest BCUT2D eigenvalue weighted by atomic mass is 9.63. The molecule has 1 aliphatic heterocycles. The predicted molar refractivity (Wildman–Crippen MR) is 103 cm³/mol. The number of likely N-dealkylation sites (tertiary alicyclic amines) is 1. The van der Waals surface area contributed by atoms with Gasteiger partial charge in [-0.2, -0.15) is 0 Å². The zero-order valence-electron chi connectivity index (χ0n) is 15.6. The summed E-state index contributed by atoms with van der Waals surface area (Å²) in [4.78, 5) is 40.3. The van der Waals surface area contributed by atoms with Gasteiger partial charge in [0.05, 0.1) is 24.6 Å². The Bertz CT molecular complexity index is 893. The van der Waals surface area contributed by atoms with Crippen molar-refractivity contribution >= 4 is 35.0 Å². The van der Waals surface area contributed by atoms with Crippen molar-refractivity contribution in [1.82, 2.24) is 4.90 Å². The number of hydrogen-bond donors (Lipinski definition) is 1. The number of imide groups is 1. The SMILES string of the molecule is COc1ccc(Cl)cc1NC(=O)[C@H](C)N1C(=O)[C@@H]2[C@@H]3C=C[C@H]([C@H]4C[C@@H]34)[C@@H]2C1=O. The second-order valence-corrected chi connectivity index (χ2v) is 8.65. The van der Waals surface area contributed by atoms with Gasteiger partial charge >= 0.3 is 0 Å². The molecule has 1 heterocycles. The minimum atomic E-state index is -0.898. The molecule has 3 fully saturated rings. The van der Waals surface area contributed by atoms with Gasteiger partial charge in [0.1, 0.15) is 11.8 Å². The third kappa shape index (κ3) is 2.37. The summed E-state index contributed by atoms with van der Waals surface area (Å²) < 4.78 is 5.25. The van der Waals surface area contributed by atoms with Crippen LogP contribution in [0.2, 0.25) is 5.02 Å². The Morgan fingerprint density at radius 3 is 2.36 bits per heavy atom. The van der Waals surface area contributed by atoms with Crippen LogP contribution in [0.5, 0.6) is 5.75 Å². The zero-order chi connectivity index (χ0) is 19.7. The summed E-state index contributed by atoms with van der Waals surface area (Å²) in [7, 11) is 1.49. The van der Waals surface area contributed by atoms with Gasteiger partial charge in [-0.1, -0.05) is 23.8 Å². The third-order valence-corrected chi connectivity index (χ3v) is 7.12. The van der Waals surface area contributed by atoms with E-state index in [1.165, 1.54) is 12.0 Å². The van der Waals surface area contributed by atoms with Gasteiger partial charge in [0, 0.05) is 5.02 Å². The third-order valence-electron chi connectivity index (χ3n) is 6.88. The Hall–Kier alpha value is -2.34. The van der Waals surface area contributed by atoms with Crippen LogP contribution in [0, 0.1) is 35.5 Å². The molecule has 1 aromatic rings. The van der Waals surface area contributed by atoms with E-state index < -0.39 is 11.9 Å². The molecule has 0 spiro atoms. The molecule has 1 saturated heterocycles. The summed E-state index contributed by atoms with van der Waals surface area (Å²) in [5, 5.41) is 3.20. The molecule has 28 heavy (non-hydrogen) atoms. The summed E-state index contributed by atoms with van der Waals surface area (Å²) in [5.74, 6) is 0.353. The largest absolute Gasteiger partial charge is 0.495 e. The van der Waals surface area contributed by atoms with E-state index in [9.17, 15) is 14.4 Å².